The summed E-state index contributed by atoms with van der Waals surface area (Å²) in [4.78, 5) is 55.6. The number of aromatic nitrogens is 9. The number of nitrogens with one attached hydrogen (secondary N) is 4. The zero-order valence-electron chi connectivity index (χ0n) is 75.4. The second-order valence-corrected chi connectivity index (χ2v) is 44.6. The molecular weight excluding hydrogens is 2070 g/mol. The molecule has 0 aliphatic heterocycles. The Kier molecular flexibility index (Phi) is 46.1. The summed E-state index contributed by atoms with van der Waals surface area (Å²) in [5, 5.41) is 36.3. The number of hydrogen-bond donors (Lipinski definition) is 13. The fraction of sp³-hybridized carbons (Fsp3) is 0.553. The molecule has 0 spiro atoms. The van der Waals surface area contributed by atoms with Gasteiger partial charge in [-0.15, -0.1) is 15.3 Å². The molecule has 3 heterocycles. The number of benzene rings is 4. The van der Waals surface area contributed by atoms with Gasteiger partial charge in [0.2, 0.25) is 23.0 Å². The van der Waals surface area contributed by atoms with Crippen LogP contribution >= 0.6 is 0 Å². The number of nitrogens with zero attached hydrogens (tertiary/aromatic N) is 9. The van der Waals surface area contributed by atoms with Crippen molar-refractivity contribution < 1.29 is 193 Å². The molecule has 0 unspecified atom stereocenters. The fourth-order valence-electron chi connectivity index (χ4n) is 12.0. The Morgan fingerprint density at radius 1 is 0.255 bits per heavy atom. The lowest BCUT2D eigenvalue weighted by atomic mass is 10.1. The van der Waals surface area contributed by atoms with Crippen LogP contribution in [0.25, 0.3) is 0 Å². The van der Waals surface area contributed by atoms with Crippen LogP contribution < -0.4 is 78.1 Å². The number of amides is 4. The minimum atomic E-state index is -4.46. The molecule has 4 amide bonds. The smallest absolute Gasteiger partial charge is 0.264 e. The van der Waals surface area contributed by atoms with Crippen LogP contribution in [0.3, 0.4) is 0 Å². The first kappa shape index (κ1) is 117. The molecule has 7 aromatic rings. The van der Waals surface area contributed by atoms with Gasteiger partial charge < -0.3 is 78.1 Å². The number of aryl methyl sites for hydroxylation is 3. The molecule has 790 valence electrons. The normalized spacial score (nSPS) is 12.3. The van der Waals surface area contributed by atoms with E-state index in [1.54, 1.807) is 0 Å². The van der Waals surface area contributed by atoms with Crippen LogP contribution in [0.15, 0.2) is 67.1 Å². The van der Waals surface area contributed by atoms with Crippen LogP contribution in [0.5, 0.6) is 69.0 Å². The molecule has 65 heteroatoms. The molecule has 7 rings (SSSR count). The number of rotatable bonds is 72. The predicted molar refractivity (Wildman–Crippen MR) is 491 cm³/mol. The molecule has 0 saturated carbocycles. The third kappa shape index (κ3) is 48.1. The first-order valence-electron chi connectivity index (χ1n) is 42.7. The van der Waals surface area contributed by atoms with Crippen molar-refractivity contribution >= 4 is 115 Å². The molecule has 3 aromatic heterocycles. The topological polar surface area (TPSA) is 809 Å². The molecule has 0 aliphatic carbocycles. The molecule has 141 heavy (non-hydrogen) atoms. The van der Waals surface area contributed by atoms with Gasteiger partial charge in [-0.05, 0) is 132 Å². The van der Waals surface area contributed by atoms with Gasteiger partial charge in [-0.1, -0.05) is 22.6 Å². The van der Waals surface area contributed by atoms with Crippen molar-refractivity contribution in [2.45, 2.75) is 130 Å². The fourth-order valence-corrected chi connectivity index (χ4v) is 16.4. The van der Waals surface area contributed by atoms with Gasteiger partial charge in [0.05, 0.1) is 130 Å². The van der Waals surface area contributed by atoms with E-state index < -0.39 is 226 Å². The van der Waals surface area contributed by atoms with Gasteiger partial charge in [0.25, 0.3) is 115 Å². The number of carbonyl (C=O) groups is 4. The first-order chi connectivity index (χ1) is 66.1. The molecule has 0 aliphatic rings. The van der Waals surface area contributed by atoms with Crippen molar-refractivity contribution in [2.75, 3.05) is 137 Å². The van der Waals surface area contributed by atoms with E-state index in [1.807, 2.05) is 6.92 Å². The average Bonchev–Trinajstić information content (AvgIpc) is 1.26. The number of hydrogen-bond acceptors (Lipinski definition) is 40. The van der Waals surface area contributed by atoms with Crippen LogP contribution in [0.2, 0.25) is 0 Å². The van der Waals surface area contributed by atoms with Gasteiger partial charge in [-0.3, -0.25) is 74.2 Å². The van der Waals surface area contributed by atoms with Crippen molar-refractivity contribution in [3.8, 4) is 69.0 Å². The second-order valence-electron chi connectivity index (χ2n) is 30.5. The van der Waals surface area contributed by atoms with Gasteiger partial charge in [-0.25, -0.2) is 0 Å². The number of carbonyl (C=O) groups excluding carboxylic acids is 4. The molecule has 13 N–H and O–H groups in total. The highest BCUT2D eigenvalue weighted by Gasteiger charge is 2.28. The average molecular weight is 2180 g/mol. The minimum absolute atomic E-state index is 0.00775. The highest BCUT2D eigenvalue weighted by Crippen LogP contribution is 2.44. The van der Waals surface area contributed by atoms with Crippen LogP contribution in [-0.2, 0) is 131 Å². The predicted octanol–water partition coefficient (Wildman–Crippen LogP) is 1.71. The molecule has 0 atom stereocenters. The van der Waals surface area contributed by atoms with E-state index in [-0.39, 0.29) is 251 Å². The molecule has 56 nitrogen and oxygen atoms in total. The molecule has 0 radical (unpaired) electrons. The summed E-state index contributed by atoms with van der Waals surface area (Å²) in [7, 11) is -40.1. The maximum absolute atomic E-state index is 14.0. The Morgan fingerprint density at radius 2 is 0.433 bits per heavy atom. The summed E-state index contributed by atoms with van der Waals surface area (Å²) >= 11 is 0. The van der Waals surface area contributed by atoms with E-state index in [0.29, 0.717) is 6.42 Å². The molecule has 0 bridgehead atoms. The maximum atomic E-state index is 14.0. The van der Waals surface area contributed by atoms with Gasteiger partial charge in [0, 0.05) is 68.1 Å². The highest BCUT2D eigenvalue weighted by molar-refractivity contribution is 7.87. The summed E-state index contributed by atoms with van der Waals surface area (Å²) in [5.74, 6) is -12.1. The van der Waals surface area contributed by atoms with Crippen molar-refractivity contribution in [1.82, 2.24) is 66.2 Å². The van der Waals surface area contributed by atoms with Crippen LogP contribution in [0, 0.1) is 0 Å². The highest BCUT2D eigenvalue weighted by atomic mass is 32.3. The Bertz CT molecular complexity index is 6010. The van der Waals surface area contributed by atoms with Crippen LogP contribution in [0.4, 0.5) is 0 Å². The summed E-state index contributed by atoms with van der Waals surface area (Å²) in [6.07, 6.45) is 2.97. The van der Waals surface area contributed by atoms with E-state index in [1.165, 1.54) is 81.2 Å². The van der Waals surface area contributed by atoms with Crippen LogP contribution in [-0.4, -0.2) is 323 Å². The summed E-state index contributed by atoms with van der Waals surface area (Å²) < 4.78 is 366. The largest absolute Gasteiger partial charge is 0.489 e. The van der Waals surface area contributed by atoms with Crippen molar-refractivity contribution in [1.29, 1.82) is 0 Å². The van der Waals surface area contributed by atoms with Gasteiger partial charge in [0.15, 0.2) is 46.0 Å². The Morgan fingerprint density at radius 3 is 0.631 bits per heavy atom. The van der Waals surface area contributed by atoms with E-state index in [9.17, 15) is 136 Å². The quantitative estimate of drug-likeness (QED) is 0.0191. The van der Waals surface area contributed by atoms with Crippen molar-refractivity contribution in [3.05, 3.63) is 106 Å². The van der Waals surface area contributed by atoms with E-state index in [2.05, 4.69) is 52.2 Å². The molecule has 4 aromatic carbocycles. The van der Waals surface area contributed by atoms with E-state index in [0.717, 1.165) is 0 Å². The summed E-state index contributed by atoms with van der Waals surface area (Å²) in [6, 6.07) is 9.77. The van der Waals surface area contributed by atoms with Crippen molar-refractivity contribution in [3.63, 3.8) is 0 Å². The van der Waals surface area contributed by atoms with E-state index >= 15 is 0 Å². The standard InChI is InChI=1S/C76H109N13O43S9/c1-2-15-77-73(90)57-46-67(130-51-58-48-87(84-81-58)19-3-16-78-74(91)54-40-61(121-22-6-31-133(94,95)96)69(127-28-12-37-139(112,113)114)62(41-54)122-23-7-32-134(97,98)99)72(132-53-60-50-89(86-83-60)21-5-18-80-76(93)56-44-65(125-26-10-35-137(106,107)108)71(129-30-14-39-141(118,119)120)66(45-56)126-27-11-36-138(109,110)111)68(47-57)131-52-59-49-88(85-82-59)20-4-17-79-75(92)55-42-63(123-24-8-33-135(100,101)102)70(128-29-13-38-140(115,116)117)64(43-55)124-25-9-34-136(103,104)105/h40-50H,2-39,51-53H2,1H3,(H,77,90)(H,78,91)(H,79,92)(H,80,93)(H,94,95,96)(H,97,98,99)(H,100,101,102)(H,103,104,105)(H,106,107,108)(H,109,110,111)(H,112,113,114)(H,115,116,117)(H,118,119,120). The van der Waals surface area contributed by atoms with Gasteiger partial charge in [0.1, 0.15) is 36.9 Å². The molecule has 0 fully saturated rings. The minimum Gasteiger partial charge on any atom is -0.489 e. The molecule has 0 saturated heterocycles. The zero-order valence-corrected chi connectivity index (χ0v) is 82.8. The Labute approximate surface area is 811 Å². The second kappa shape index (κ2) is 55.6. The van der Waals surface area contributed by atoms with E-state index in [4.69, 9.17) is 56.8 Å². The Hall–Kier alpha value is -11.0. The maximum Gasteiger partial charge on any atom is 0.264 e. The SMILES string of the molecule is CCCNC(=O)c1cc(OCc2cn(CCCNC(=O)c3cc(OCCCS(=O)(=O)O)c(OCCCS(=O)(=O)O)c(OCCCS(=O)(=O)O)c3)nn2)c(OCc2cn(CCCNC(=O)c3cc(OCCCS(=O)(=O)O)c(OCCCS(=O)(=O)O)c(OCCCS(=O)(=O)O)c3)nn2)c(OCc2cn(CCCNC(=O)c3cc(OCCCS(=O)(=O)O)c(OCCCS(=O)(=O)O)c(OCCCS(=O)(=O)O)c3)nn2)c1. The first-order valence-corrected chi connectivity index (χ1v) is 57.2. The number of ether oxygens (including phenoxy) is 12. The van der Waals surface area contributed by atoms with Crippen molar-refractivity contribution in [2.24, 2.45) is 0 Å². The zero-order chi connectivity index (χ0) is 104. The van der Waals surface area contributed by atoms with Gasteiger partial charge in [-0.2, -0.15) is 75.8 Å². The summed E-state index contributed by atoms with van der Waals surface area (Å²) in [6.45, 7) is -2.61. The van der Waals surface area contributed by atoms with Crippen LogP contribution in [0.1, 0.15) is 149 Å². The lowest BCUT2D eigenvalue weighted by molar-refractivity contribution is 0.0943. The third-order valence-electron chi connectivity index (χ3n) is 18.3. The third-order valence-corrected chi connectivity index (χ3v) is 25.5. The lowest BCUT2D eigenvalue weighted by Gasteiger charge is -2.19. The molecular formula is C76H109N13O43S9. The monoisotopic (exact) mass is 2180 g/mol. The van der Waals surface area contributed by atoms with Gasteiger partial charge >= 0.3 is 0 Å². The Balaban J connectivity index is 1.12. The summed E-state index contributed by atoms with van der Waals surface area (Å²) in [5.41, 5.74) is 0.109. The lowest BCUT2D eigenvalue weighted by Crippen LogP contribution is -2.25.